The van der Waals surface area contributed by atoms with Crippen LogP contribution >= 0.6 is 23.2 Å². The molecule has 0 bridgehead atoms. The number of carbonyl (C=O) groups is 2. The first-order valence-corrected chi connectivity index (χ1v) is 15.4. The zero-order valence-electron chi connectivity index (χ0n) is 22.9. The molecule has 40 heavy (non-hydrogen) atoms. The molecule has 7 nitrogen and oxygen atoms in total. The van der Waals surface area contributed by atoms with Gasteiger partial charge in [0.2, 0.25) is 11.8 Å². The van der Waals surface area contributed by atoms with Crippen LogP contribution in [-0.4, -0.2) is 44.3 Å². The number of sulfonamides is 1. The number of benzene rings is 3. The second-order valence-corrected chi connectivity index (χ2v) is 12.2. The Morgan fingerprint density at radius 2 is 1.57 bits per heavy atom. The van der Waals surface area contributed by atoms with Gasteiger partial charge in [-0.05, 0) is 67.8 Å². The summed E-state index contributed by atoms with van der Waals surface area (Å²) < 4.78 is 28.8. The van der Waals surface area contributed by atoms with E-state index in [1.807, 2.05) is 20.8 Å². The van der Waals surface area contributed by atoms with Gasteiger partial charge in [0.25, 0.3) is 10.0 Å². The Morgan fingerprint density at radius 3 is 2.17 bits per heavy atom. The highest BCUT2D eigenvalue weighted by Crippen LogP contribution is 2.27. The van der Waals surface area contributed by atoms with Gasteiger partial charge in [0.05, 0.1) is 10.6 Å². The number of hydrogen-bond acceptors (Lipinski definition) is 4. The number of nitrogens with zero attached hydrogens (tertiary/aromatic N) is 2. The maximum Gasteiger partial charge on any atom is 0.264 e. The minimum atomic E-state index is -4.16. The molecule has 10 heteroatoms. The van der Waals surface area contributed by atoms with Gasteiger partial charge in [0.1, 0.15) is 12.6 Å². The molecular weight excluding hydrogens is 569 g/mol. The fraction of sp³-hybridized carbons (Fsp3) is 0.333. The molecule has 3 aromatic carbocycles. The Kier molecular flexibility index (Phi) is 11.4. The zero-order valence-corrected chi connectivity index (χ0v) is 25.3. The molecule has 2 amide bonds. The van der Waals surface area contributed by atoms with Crippen molar-refractivity contribution >= 4 is 50.7 Å². The van der Waals surface area contributed by atoms with Crippen molar-refractivity contribution in [3.05, 3.63) is 94.0 Å². The molecule has 0 radical (unpaired) electrons. The van der Waals surface area contributed by atoms with Crippen molar-refractivity contribution in [3.63, 3.8) is 0 Å². The van der Waals surface area contributed by atoms with Gasteiger partial charge in [-0.3, -0.25) is 13.9 Å². The SMILES string of the molecule is CCCCNC(=O)C(CC)N(Cc1ccccc1Cl)C(=O)CN(c1ccc(C)cc1)S(=O)(=O)c1ccc(Cl)cc1. The lowest BCUT2D eigenvalue weighted by Crippen LogP contribution is -2.52. The number of anilines is 1. The molecule has 0 saturated heterocycles. The normalized spacial score (nSPS) is 12.0. The van der Waals surface area contributed by atoms with Gasteiger partial charge < -0.3 is 10.2 Å². The smallest absolute Gasteiger partial charge is 0.264 e. The molecule has 1 N–H and O–H groups in total. The lowest BCUT2D eigenvalue weighted by Gasteiger charge is -2.33. The molecule has 1 atom stereocenters. The number of halogens is 2. The van der Waals surface area contributed by atoms with Crippen molar-refractivity contribution in [1.82, 2.24) is 10.2 Å². The molecule has 0 aliphatic rings. The van der Waals surface area contributed by atoms with Crippen LogP contribution in [0, 0.1) is 6.92 Å². The zero-order chi connectivity index (χ0) is 29.3. The van der Waals surface area contributed by atoms with E-state index in [0.717, 1.165) is 22.7 Å². The molecule has 3 aromatic rings. The summed E-state index contributed by atoms with van der Waals surface area (Å²) in [6.45, 7) is 5.75. The maximum atomic E-state index is 14.1. The molecular formula is C30H35Cl2N3O4S. The Labute approximate surface area is 247 Å². The van der Waals surface area contributed by atoms with E-state index in [4.69, 9.17) is 23.2 Å². The topological polar surface area (TPSA) is 86.8 Å². The van der Waals surface area contributed by atoms with Gasteiger partial charge in [0, 0.05) is 23.1 Å². The van der Waals surface area contributed by atoms with Gasteiger partial charge >= 0.3 is 0 Å². The van der Waals surface area contributed by atoms with Crippen LogP contribution in [0.15, 0.2) is 77.7 Å². The molecule has 3 rings (SSSR count). The standard InChI is InChI=1S/C30H35Cl2N3O4S/c1-4-6-19-33-30(37)28(5-2)34(20-23-9-7-8-10-27(23)32)29(36)21-35(25-15-11-22(3)12-16-25)40(38,39)26-17-13-24(31)14-18-26/h7-18,28H,4-6,19-21H2,1-3H3,(H,33,37). The molecule has 0 aliphatic carbocycles. The predicted octanol–water partition coefficient (Wildman–Crippen LogP) is 6.22. The molecule has 0 aliphatic heterocycles. The lowest BCUT2D eigenvalue weighted by atomic mass is 10.1. The van der Waals surface area contributed by atoms with Crippen LogP contribution in [0.25, 0.3) is 0 Å². The first-order valence-electron chi connectivity index (χ1n) is 13.2. The number of rotatable bonds is 13. The first kappa shape index (κ1) is 31.5. The summed E-state index contributed by atoms with van der Waals surface area (Å²) in [6.07, 6.45) is 2.05. The van der Waals surface area contributed by atoms with E-state index in [1.165, 1.54) is 29.2 Å². The third kappa shape index (κ3) is 7.99. The quantitative estimate of drug-likeness (QED) is 0.235. The minimum absolute atomic E-state index is 0.00715. The Morgan fingerprint density at radius 1 is 0.925 bits per heavy atom. The molecule has 0 heterocycles. The highest BCUT2D eigenvalue weighted by Gasteiger charge is 2.33. The Bertz CT molecular complexity index is 1400. The average molecular weight is 605 g/mol. The van der Waals surface area contributed by atoms with Crippen LogP contribution in [0.4, 0.5) is 5.69 Å². The van der Waals surface area contributed by atoms with E-state index < -0.39 is 28.5 Å². The molecule has 1 unspecified atom stereocenters. The second-order valence-electron chi connectivity index (χ2n) is 9.48. The Balaban J connectivity index is 2.04. The molecule has 0 saturated carbocycles. The highest BCUT2D eigenvalue weighted by molar-refractivity contribution is 7.92. The summed E-state index contributed by atoms with van der Waals surface area (Å²) in [4.78, 5) is 28.7. The molecule has 214 valence electrons. The van der Waals surface area contributed by atoms with E-state index in [-0.39, 0.29) is 17.3 Å². The van der Waals surface area contributed by atoms with Crippen LogP contribution in [0.2, 0.25) is 10.0 Å². The molecule has 0 spiro atoms. The van der Waals surface area contributed by atoms with E-state index in [0.29, 0.717) is 34.3 Å². The van der Waals surface area contributed by atoms with Crippen molar-refractivity contribution in [2.75, 3.05) is 17.4 Å². The third-order valence-corrected chi connectivity index (χ3v) is 8.93. The van der Waals surface area contributed by atoms with Crippen molar-refractivity contribution in [2.45, 2.75) is 57.5 Å². The van der Waals surface area contributed by atoms with Crippen LogP contribution in [0.1, 0.15) is 44.2 Å². The van der Waals surface area contributed by atoms with Crippen molar-refractivity contribution in [1.29, 1.82) is 0 Å². The molecule has 0 fully saturated rings. The largest absolute Gasteiger partial charge is 0.354 e. The average Bonchev–Trinajstić information content (AvgIpc) is 2.93. The summed E-state index contributed by atoms with van der Waals surface area (Å²) in [5.41, 5.74) is 1.92. The molecule has 0 aromatic heterocycles. The fourth-order valence-corrected chi connectivity index (χ4v) is 5.95. The highest BCUT2D eigenvalue weighted by atomic mass is 35.5. The van der Waals surface area contributed by atoms with Crippen molar-refractivity contribution in [3.8, 4) is 0 Å². The number of unbranched alkanes of at least 4 members (excludes halogenated alkanes) is 1. The van der Waals surface area contributed by atoms with Crippen LogP contribution in [0.5, 0.6) is 0 Å². The van der Waals surface area contributed by atoms with Gasteiger partial charge in [0.15, 0.2) is 0 Å². The van der Waals surface area contributed by atoms with Gasteiger partial charge in [-0.1, -0.05) is 79.4 Å². The number of nitrogens with one attached hydrogen (secondary N) is 1. The summed E-state index contributed by atoms with van der Waals surface area (Å²) >= 11 is 12.4. The number of hydrogen-bond donors (Lipinski definition) is 1. The summed E-state index contributed by atoms with van der Waals surface area (Å²) in [6, 6.07) is 18.9. The number of amides is 2. The fourth-order valence-electron chi connectivity index (χ4n) is 4.21. The van der Waals surface area contributed by atoms with Crippen LogP contribution in [-0.2, 0) is 26.2 Å². The predicted molar refractivity (Wildman–Crippen MR) is 161 cm³/mol. The van der Waals surface area contributed by atoms with Crippen molar-refractivity contribution < 1.29 is 18.0 Å². The van der Waals surface area contributed by atoms with E-state index in [2.05, 4.69) is 5.32 Å². The third-order valence-electron chi connectivity index (χ3n) is 6.52. The Hall–Kier alpha value is -3.07. The maximum absolute atomic E-state index is 14.1. The number of aryl methyl sites for hydroxylation is 1. The van der Waals surface area contributed by atoms with Crippen molar-refractivity contribution in [2.24, 2.45) is 0 Å². The lowest BCUT2D eigenvalue weighted by molar-refractivity contribution is -0.140. The summed E-state index contributed by atoms with van der Waals surface area (Å²) in [5.74, 6) is -0.825. The van der Waals surface area contributed by atoms with E-state index in [1.54, 1.807) is 48.5 Å². The van der Waals surface area contributed by atoms with E-state index in [9.17, 15) is 18.0 Å². The van der Waals surface area contributed by atoms with Crippen LogP contribution in [0.3, 0.4) is 0 Å². The minimum Gasteiger partial charge on any atom is -0.354 e. The second kappa shape index (κ2) is 14.5. The monoisotopic (exact) mass is 603 g/mol. The van der Waals surface area contributed by atoms with Gasteiger partial charge in [-0.2, -0.15) is 0 Å². The van der Waals surface area contributed by atoms with E-state index >= 15 is 0 Å². The summed E-state index contributed by atoms with van der Waals surface area (Å²) in [7, 11) is -4.16. The number of carbonyl (C=O) groups excluding carboxylic acids is 2. The van der Waals surface area contributed by atoms with Gasteiger partial charge in [-0.15, -0.1) is 0 Å². The van der Waals surface area contributed by atoms with Gasteiger partial charge in [-0.25, -0.2) is 8.42 Å². The van der Waals surface area contributed by atoms with Crippen LogP contribution < -0.4 is 9.62 Å². The summed E-state index contributed by atoms with van der Waals surface area (Å²) in [5, 5.41) is 3.75. The first-order chi connectivity index (χ1) is 19.1.